The fraction of sp³-hybridized carbons (Fsp3) is 0.300. The largest absolute Gasteiger partial charge is 0.481 e. The molecule has 0 spiro atoms. The number of hydrogen-bond acceptors (Lipinski definition) is 4. The smallest absolute Gasteiger partial charge is 0.303 e. The second-order valence-corrected chi connectivity index (χ2v) is 5.06. The normalized spacial score (nSPS) is 11.1. The number of carboxylic acids is 1. The third-order valence-electron chi connectivity index (χ3n) is 2.06. The van der Waals surface area contributed by atoms with Gasteiger partial charge in [-0.15, -0.1) is 0 Å². The first-order valence-corrected chi connectivity index (χ1v) is 6.53. The zero-order valence-electron chi connectivity index (χ0n) is 9.09. The van der Waals surface area contributed by atoms with Gasteiger partial charge in [0.05, 0.1) is 4.90 Å². The molecule has 0 aliphatic rings. The van der Waals surface area contributed by atoms with Crippen molar-refractivity contribution in [3.63, 3.8) is 0 Å². The van der Waals surface area contributed by atoms with Crippen LogP contribution in [0.3, 0.4) is 0 Å². The molecule has 0 radical (unpaired) electrons. The van der Waals surface area contributed by atoms with Crippen LogP contribution < -0.4 is 10.5 Å². The quantitative estimate of drug-likeness (QED) is 0.648. The van der Waals surface area contributed by atoms with Crippen LogP contribution in [-0.4, -0.2) is 26.0 Å². The van der Waals surface area contributed by atoms with E-state index in [1.165, 1.54) is 12.1 Å². The Bertz CT molecular complexity index is 499. The van der Waals surface area contributed by atoms with E-state index in [4.69, 9.17) is 10.2 Å². The van der Waals surface area contributed by atoms with E-state index >= 15 is 0 Å². The van der Waals surface area contributed by atoms with Crippen molar-refractivity contribution >= 4 is 21.7 Å². The highest BCUT2D eigenvalue weighted by Gasteiger charge is 2.07. The number of sulfonamides is 1. The number of aliphatic carboxylic acids is 1. The van der Waals surface area contributed by atoms with Crippen LogP contribution >= 0.6 is 0 Å². The van der Waals surface area contributed by atoms with Gasteiger partial charge in [-0.1, -0.05) is 6.07 Å². The number of nitrogens with one attached hydrogen (secondary N) is 1. The zero-order valence-corrected chi connectivity index (χ0v) is 9.90. The van der Waals surface area contributed by atoms with Crippen LogP contribution in [0.15, 0.2) is 29.2 Å². The first-order chi connectivity index (χ1) is 7.89. The van der Waals surface area contributed by atoms with Crippen molar-refractivity contribution in [3.8, 4) is 0 Å². The van der Waals surface area contributed by atoms with Gasteiger partial charge in [0.25, 0.3) is 0 Å². The molecule has 0 fully saturated rings. The molecule has 0 aliphatic heterocycles. The minimum atomic E-state index is -3.70. The van der Waals surface area contributed by atoms with Crippen molar-refractivity contribution in [1.29, 1.82) is 0 Å². The molecule has 0 unspecified atom stereocenters. The highest BCUT2D eigenvalue weighted by Crippen LogP contribution is 2.13. The summed E-state index contributed by atoms with van der Waals surface area (Å²) in [6.07, 6.45) is 0.539. The van der Waals surface area contributed by atoms with Crippen molar-refractivity contribution in [2.45, 2.75) is 17.7 Å². The second kappa shape index (κ2) is 5.65. The second-order valence-electron chi connectivity index (χ2n) is 3.50. The van der Waals surface area contributed by atoms with Crippen molar-refractivity contribution in [2.24, 2.45) is 5.14 Å². The van der Waals surface area contributed by atoms with Crippen LogP contribution in [0.4, 0.5) is 5.69 Å². The summed E-state index contributed by atoms with van der Waals surface area (Å²) in [7, 11) is -3.70. The topological polar surface area (TPSA) is 109 Å². The molecule has 17 heavy (non-hydrogen) atoms. The fourth-order valence-electron chi connectivity index (χ4n) is 1.26. The Morgan fingerprint density at radius 1 is 1.41 bits per heavy atom. The maximum Gasteiger partial charge on any atom is 0.303 e. The molecular formula is C10H14N2O4S. The molecule has 0 aliphatic carbocycles. The summed E-state index contributed by atoms with van der Waals surface area (Å²) in [5, 5.41) is 16.4. The van der Waals surface area contributed by atoms with E-state index in [0.717, 1.165) is 0 Å². The standard InChI is InChI=1S/C10H14N2O4S/c11-17(15,16)9-4-1-3-8(7-9)12-6-2-5-10(13)14/h1,3-4,7,12H,2,5-6H2,(H,13,14)(H2,11,15,16). The van der Waals surface area contributed by atoms with Crippen molar-refractivity contribution in [3.05, 3.63) is 24.3 Å². The van der Waals surface area contributed by atoms with Gasteiger partial charge in [-0.05, 0) is 24.6 Å². The lowest BCUT2D eigenvalue weighted by Gasteiger charge is -2.06. The minimum absolute atomic E-state index is 0.0285. The van der Waals surface area contributed by atoms with Gasteiger partial charge in [0.2, 0.25) is 10.0 Å². The van der Waals surface area contributed by atoms with Gasteiger partial charge in [0.1, 0.15) is 0 Å². The Morgan fingerprint density at radius 3 is 2.71 bits per heavy atom. The Kier molecular flexibility index (Phi) is 4.47. The lowest BCUT2D eigenvalue weighted by molar-refractivity contribution is -0.137. The van der Waals surface area contributed by atoms with Crippen LogP contribution in [0.5, 0.6) is 0 Å². The van der Waals surface area contributed by atoms with Gasteiger partial charge < -0.3 is 10.4 Å². The maximum absolute atomic E-state index is 11.1. The Hall–Kier alpha value is -1.60. The summed E-state index contributed by atoms with van der Waals surface area (Å²) in [5.74, 6) is -0.856. The van der Waals surface area contributed by atoms with Gasteiger partial charge in [-0.3, -0.25) is 4.79 Å². The fourth-order valence-corrected chi connectivity index (χ4v) is 1.81. The third-order valence-corrected chi connectivity index (χ3v) is 2.97. The molecule has 7 heteroatoms. The first kappa shape index (κ1) is 13.5. The molecule has 0 saturated carbocycles. The van der Waals surface area contributed by atoms with E-state index < -0.39 is 16.0 Å². The van der Waals surface area contributed by atoms with E-state index in [2.05, 4.69) is 5.32 Å². The number of carbonyl (C=O) groups is 1. The van der Waals surface area contributed by atoms with Crippen LogP contribution in [0.2, 0.25) is 0 Å². The molecule has 1 aromatic carbocycles. The number of benzene rings is 1. The van der Waals surface area contributed by atoms with Gasteiger partial charge in [0, 0.05) is 18.7 Å². The van der Waals surface area contributed by atoms with E-state index in [9.17, 15) is 13.2 Å². The highest BCUT2D eigenvalue weighted by atomic mass is 32.2. The monoisotopic (exact) mass is 258 g/mol. The van der Waals surface area contributed by atoms with Crippen molar-refractivity contribution in [1.82, 2.24) is 0 Å². The van der Waals surface area contributed by atoms with E-state index in [1.807, 2.05) is 0 Å². The van der Waals surface area contributed by atoms with Crippen molar-refractivity contribution < 1.29 is 18.3 Å². The summed E-state index contributed by atoms with van der Waals surface area (Å²) < 4.78 is 22.2. The lowest BCUT2D eigenvalue weighted by atomic mass is 10.3. The molecule has 0 heterocycles. The molecule has 1 rings (SSSR count). The molecule has 1 aromatic rings. The number of nitrogens with two attached hydrogens (primary N) is 1. The van der Waals surface area contributed by atoms with Gasteiger partial charge in [-0.2, -0.15) is 0 Å². The molecule has 0 amide bonds. The summed E-state index contributed by atoms with van der Waals surface area (Å²) in [6, 6.07) is 6.07. The number of primary sulfonamides is 1. The Labute approximate surface area is 99.5 Å². The predicted molar refractivity (Wildman–Crippen MR) is 63.2 cm³/mol. The molecule has 0 saturated heterocycles. The molecule has 0 bridgehead atoms. The first-order valence-electron chi connectivity index (χ1n) is 4.98. The molecule has 6 nitrogen and oxygen atoms in total. The zero-order chi connectivity index (χ0) is 12.9. The predicted octanol–water partition coefficient (Wildman–Crippen LogP) is 0.611. The van der Waals surface area contributed by atoms with Crippen LogP contribution in [-0.2, 0) is 14.8 Å². The number of hydrogen-bond donors (Lipinski definition) is 3. The molecule has 0 atom stereocenters. The summed E-state index contributed by atoms with van der Waals surface area (Å²) in [5.41, 5.74) is 0.599. The minimum Gasteiger partial charge on any atom is -0.481 e. The average molecular weight is 258 g/mol. The number of rotatable bonds is 6. The van der Waals surface area contributed by atoms with Gasteiger partial charge >= 0.3 is 5.97 Å². The average Bonchev–Trinajstić information content (AvgIpc) is 2.23. The molecule has 94 valence electrons. The summed E-state index contributed by atoms with van der Waals surface area (Å²) >= 11 is 0. The van der Waals surface area contributed by atoms with Crippen LogP contribution in [0, 0.1) is 0 Å². The molecular weight excluding hydrogens is 244 g/mol. The number of anilines is 1. The molecule has 0 aromatic heterocycles. The van der Waals surface area contributed by atoms with Gasteiger partial charge in [0.15, 0.2) is 0 Å². The van der Waals surface area contributed by atoms with E-state index in [-0.39, 0.29) is 11.3 Å². The van der Waals surface area contributed by atoms with Crippen LogP contribution in [0.25, 0.3) is 0 Å². The SMILES string of the molecule is NS(=O)(=O)c1cccc(NCCCC(=O)O)c1. The van der Waals surface area contributed by atoms with Crippen LogP contribution in [0.1, 0.15) is 12.8 Å². The summed E-state index contributed by atoms with van der Waals surface area (Å²) in [4.78, 5) is 10.3. The Balaban J connectivity index is 2.58. The molecule has 4 N–H and O–H groups in total. The third kappa shape index (κ3) is 4.83. The van der Waals surface area contributed by atoms with Gasteiger partial charge in [-0.25, -0.2) is 13.6 Å². The number of carboxylic acid groups (broad SMARTS) is 1. The Morgan fingerprint density at radius 2 is 2.12 bits per heavy atom. The highest BCUT2D eigenvalue weighted by molar-refractivity contribution is 7.89. The van der Waals surface area contributed by atoms with E-state index in [0.29, 0.717) is 18.7 Å². The summed E-state index contributed by atoms with van der Waals surface area (Å²) in [6.45, 7) is 0.459. The van der Waals surface area contributed by atoms with Crippen molar-refractivity contribution in [2.75, 3.05) is 11.9 Å². The maximum atomic E-state index is 11.1. The lowest BCUT2D eigenvalue weighted by Crippen LogP contribution is -2.12. The van der Waals surface area contributed by atoms with E-state index in [1.54, 1.807) is 12.1 Å².